The van der Waals surface area contributed by atoms with Crippen LogP contribution in [0.1, 0.15) is 38.8 Å². The van der Waals surface area contributed by atoms with Gasteiger partial charge in [-0.05, 0) is 32.1 Å². The molecular weight excluding hydrogens is 453 g/mol. The number of rotatable bonds is 5. The van der Waals surface area contributed by atoms with Gasteiger partial charge in [-0.1, -0.05) is 13.8 Å². The number of halogens is 1. The first-order valence-electron chi connectivity index (χ1n) is 10.2. The highest BCUT2D eigenvalue weighted by atomic mass is 127. The summed E-state index contributed by atoms with van der Waals surface area (Å²) in [7, 11) is 0. The van der Waals surface area contributed by atoms with Crippen molar-refractivity contribution >= 4 is 29.9 Å². The Morgan fingerprint density at radius 3 is 2.63 bits per heavy atom. The monoisotopic (exact) mass is 489 g/mol. The molecule has 0 saturated carbocycles. The van der Waals surface area contributed by atoms with E-state index in [4.69, 9.17) is 4.99 Å². The molecule has 0 bridgehead atoms. The normalized spacial score (nSPS) is 21.1. The van der Waals surface area contributed by atoms with Gasteiger partial charge in [0.1, 0.15) is 11.6 Å². The Balaban J connectivity index is 0.00000261. The summed E-state index contributed by atoms with van der Waals surface area (Å²) in [5.74, 6) is 4.56. The van der Waals surface area contributed by atoms with E-state index in [2.05, 4.69) is 50.7 Å². The van der Waals surface area contributed by atoms with Crippen LogP contribution in [0.2, 0.25) is 0 Å². The van der Waals surface area contributed by atoms with Crippen molar-refractivity contribution in [1.82, 2.24) is 29.9 Å². The first-order valence-corrected chi connectivity index (χ1v) is 10.2. The summed E-state index contributed by atoms with van der Waals surface area (Å²) < 4.78 is 2.27. The van der Waals surface area contributed by atoms with Crippen LogP contribution in [-0.2, 0) is 13.0 Å². The molecular formula is C19H36IN7. The minimum absolute atomic E-state index is 0. The zero-order valence-electron chi connectivity index (χ0n) is 17.3. The summed E-state index contributed by atoms with van der Waals surface area (Å²) in [4.78, 5) is 9.99. The smallest absolute Gasteiger partial charge is 0.194 e. The summed E-state index contributed by atoms with van der Waals surface area (Å²) >= 11 is 0. The molecule has 0 radical (unpaired) electrons. The Morgan fingerprint density at radius 1 is 1.22 bits per heavy atom. The van der Waals surface area contributed by atoms with E-state index in [1.54, 1.807) is 0 Å². The standard InChI is InChI=1S/C19H35N7.HI/c1-5-20-19(25-10-8-24(9-11-25)13-15(2)3)21-12-17-6-7-18-23-22-16(4)26(18)14-17;/h15,17H,5-14H2,1-4H3,(H,20,21);1H. The summed E-state index contributed by atoms with van der Waals surface area (Å²) in [5.41, 5.74) is 0. The Bertz CT molecular complexity index is 605. The third kappa shape index (κ3) is 6.04. The average molecular weight is 489 g/mol. The number of aryl methyl sites for hydroxylation is 2. The number of hydrogen-bond donors (Lipinski definition) is 1. The maximum Gasteiger partial charge on any atom is 0.194 e. The number of aromatic nitrogens is 3. The van der Waals surface area contributed by atoms with Crippen LogP contribution in [0.5, 0.6) is 0 Å². The van der Waals surface area contributed by atoms with Gasteiger partial charge in [0.25, 0.3) is 0 Å². The fraction of sp³-hybridized carbons (Fsp3) is 0.842. The lowest BCUT2D eigenvalue weighted by atomic mass is 9.99. The van der Waals surface area contributed by atoms with Crippen molar-refractivity contribution in [3.8, 4) is 0 Å². The minimum atomic E-state index is 0. The molecule has 7 nitrogen and oxygen atoms in total. The molecule has 1 unspecified atom stereocenters. The average Bonchev–Trinajstić information content (AvgIpc) is 2.99. The molecule has 0 aromatic carbocycles. The van der Waals surface area contributed by atoms with Crippen LogP contribution in [-0.4, -0.2) is 76.3 Å². The number of aliphatic imine (C=N–C) groups is 1. The lowest BCUT2D eigenvalue weighted by Crippen LogP contribution is -2.53. The maximum absolute atomic E-state index is 4.99. The number of fused-ring (bicyclic) bond motifs is 1. The molecule has 0 spiro atoms. The summed E-state index contributed by atoms with van der Waals surface area (Å²) in [6.07, 6.45) is 2.18. The van der Waals surface area contributed by atoms with Crippen LogP contribution in [0.3, 0.4) is 0 Å². The van der Waals surface area contributed by atoms with E-state index in [1.165, 1.54) is 6.54 Å². The van der Waals surface area contributed by atoms with E-state index >= 15 is 0 Å². The Morgan fingerprint density at radius 2 is 1.96 bits per heavy atom. The van der Waals surface area contributed by atoms with E-state index in [0.717, 1.165) is 82.2 Å². The summed E-state index contributed by atoms with van der Waals surface area (Å²) in [5, 5.41) is 12.0. The van der Waals surface area contributed by atoms with Crippen molar-refractivity contribution in [2.75, 3.05) is 45.8 Å². The Kier molecular flexibility index (Phi) is 8.78. The molecule has 0 aliphatic carbocycles. The van der Waals surface area contributed by atoms with Crippen LogP contribution >= 0.6 is 24.0 Å². The van der Waals surface area contributed by atoms with Gasteiger partial charge in [0.15, 0.2) is 5.96 Å². The maximum atomic E-state index is 4.99. The molecule has 1 aromatic heterocycles. The summed E-state index contributed by atoms with van der Waals surface area (Å²) in [6, 6.07) is 0. The molecule has 2 aliphatic heterocycles. The van der Waals surface area contributed by atoms with Crippen LogP contribution in [0, 0.1) is 18.8 Å². The second-order valence-corrected chi connectivity index (χ2v) is 8.05. The van der Waals surface area contributed by atoms with E-state index in [-0.39, 0.29) is 24.0 Å². The third-order valence-electron chi connectivity index (χ3n) is 5.36. The lowest BCUT2D eigenvalue weighted by Gasteiger charge is -2.37. The van der Waals surface area contributed by atoms with Crippen LogP contribution in [0.15, 0.2) is 4.99 Å². The zero-order chi connectivity index (χ0) is 18.5. The minimum Gasteiger partial charge on any atom is -0.357 e. The molecule has 154 valence electrons. The molecule has 1 saturated heterocycles. The highest BCUT2D eigenvalue weighted by Gasteiger charge is 2.23. The van der Waals surface area contributed by atoms with Crippen molar-refractivity contribution in [3.63, 3.8) is 0 Å². The van der Waals surface area contributed by atoms with Gasteiger partial charge in [-0.15, -0.1) is 34.2 Å². The van der Waals surface area contributed by atoms with Gasteiger partial charge in [0.05, 0.1) is 0 Å². The van der Waals surface area contributed by atoms with E-state index in [9.17, 15) is 0 Å². The Hall–Kier alpha value is -0.900. The number of nitrogens with zero attached hydrogens (tertiary/aromatic N) is 6. The topological polar surface area (TPSA) is 61.6 Å². The van der Waals surface area contributed by atoms with Gasteiger partial charge in [0.2, 0.25) is 0 Å². The summed E-state index contributed by atoms with van der Waals surface area (Å²) in [6.45, 7) is 17.2. The highest BCUT2D eigenvalue weighted by Crippen LogP contribution is 2.20. The fourth-order valence-electron chi connectivity index (χ4n) is 3.98. The molecule has 1 aromatic rings. The van der Waals surface area contributed by atoms with Crippen LogP contribution < -0.4 is 5.32 Å². The van der Waals surface area contributed by atoms with Crippen molar-refractivity contribution in [2.24, 2.45) is 16.8 Å². The first kappa shape index (κ1) is 22.4. The number of guanidine groups is 1. The van der Waals surface area contributed by atoms with Crippen molar-refractivity contribution in [2.45, 2.75) is 47.1 Å². The molecule has 8 heteroatoms. The van der Waals surface area contributed by atoms with Crippen LogP contribution in [0.4, 0.5) is 0 Å². The van der Waals surface area contributed by atoms with Gasteiger partial charge < -0.3 is 14.8 Å². The molecule has 3 rings (SSSR count). The molecule has 2 aliphatic rings. The third-order valence-corrected chi connectivity index (χ3v) is 5.36. The molecule has 0 amide bonds. The number of piperazine rings is 1. The predicted molar refractivity (Wildman–Crippen MR) is 121 cm³/mol. The fourth-order valence-corrected chi connectivity index (χ4v) is 3.98. The molecule has 1 atom stereocenters. The molecule has 1 N–H and O–H groups in total. The van der Waals surface area contributed by atoms with Crippen molar-refractivity contribution in [3.05, 3.63) is 11.6 Å². The van der Waals surface area contributed by atoms with Gasteiger partial charge in [-0.3, -0.25) is 9.89 Å². The molecule has 27 heavy (non-hydrogen) atoms. The van der Waals surface area contributed by atoms with E-state index < -0.39 is 0 Å². The first-order chi connectivity index (χ1) is 12.6. The highest BCUT2D eigenvalue weighted by molar-refractivity contribution is 14.0. The van der Waals surface area contributed by atoms with E-state index in [1.807, 2.05) is 6.92 Å². The van der Waals surface area contributed by atoms with E-state index in [0.29, 0.717) is 5.92 Å². The van der Waals surface area contributed by atoms with Crippen molar-refractivity contribution < 1.29 is 0 Å². The molecule has 3 heterocycles. The lowest BCUT2D eigenvalue weighted by molar-refractivity contribution is 0.163. The number of nitrogens with one attached hydrogen (secondary N) is 1. The Labute approximate surface area is 181 Å². The van der Waals surface area contributed by atoms with Gasteiger partial charge in [-0.2, -0.15) is 0 Å². The second kappa shape index (κ2) is 10.6. The second-order valence-electron chi connectivity index (χ2n) is 8.05. The quantitative estimate of drug-likeness (QED) is 0.390. The molecule has 1 fully saturated rings. The SMILES string of the molecule is CCNC(=NCC1CCc2nnc(C)n2C1)N1CCN(CC(C)C)CC1.I. The number of hydrogen-bond acceptors (Lipinski definition) is 4. The van der Waals surface area contributed by atoms with Crippen molar-refractivity contribution in [1.29, 1.82) is 0 Å². The zero-order valence-corrected chi connectivity index (χ0v) is 19.6. The van der Waals surface area contributed by atoms with Crippen LogP contribution in [0.25, 0.3) is 0 Å². The van der Waals surface area contributed by atoms with Gasteiger partial charge in [-0.25, -0.2) is 0 Å². The predicted octanol–water partition coefficient (Wildman–Crippen LogP) is 2.01. The van der Waals surface area contributed by atoms with Gasteiger partial charge in [0, 0.05) is 58.8 Å². The van der Waals surface area contributed by atoms with Gasteiger partial charge >= 0.3 is 0 Å². The largest absolute Gasteiger partial charge is 0.357 e.